The average Bonchev–Trinajstić information content (AvgIpc) is 2.12. The zero-order chi connectivity index (χ0) is 10.3. The molecule has 1 aromatic carbocycles. The van der Waals surface area contributed by atoms with E-state index in [-0.39, 0.29) is 11.2 Å². The first-order valence-corrected chi connectivity index (χ1v) is 4.99. The second kappa shape index (κ2) is 3.06. The number of benzene rings is 1. The molecule has 0 spiro atoms. The molecule has 0 radical (unpaired) electrons. The number of hydrogen-bond acceptors (Lipinski definition) is 1. The van der Waals surface area contributed by atoms with Gasteiger partial charge in [-0.2, -0.15) is 0 Å². The van der Waals surface area contributed by atoms with Gasteiger partial charge in [-0.1, -0.05) is 19.9 Å². The van der Waals surface area contributed by atoms with Gasteiger partial charge in [-0.3, -0.25) is 0 Å². The molecule has 0 aromatic heterocycles. The van der Waals surface area contributed by atoms with Gasteiger partial charge in [0.15, 0.2) is 0 Å². The third-order valence-corrected chi connectivity index (χ3v) is 3.15. The molecule has 1 N–H and O–H groups in total. The highest BCUT2D eigenvalue weighted by Crippen LogP contribution is 2.41. The third kappa shape index (κ3) is 1.44. The molecule has 0 saturated heterocycles. The van der Waals surface area contributed by atoms with Crippen molar-refractivity contribution in [2.24, 2.45) is 0 Å². The number of hydrogen-bond donors (Lipinski definition) is 1. The van der Waals surface area contributed by atoms with Gasteiger partial charge in [-0.25, -0.2) is 4.39 Å². The van der Waals surface area contributed by atoms with E-state index in [9.17, 15) is 9.50 Å². The normalized spacial score (nSPS) is 24.4. The van der Waals surface area contributed by atoms with Crippen LogP contribution < -0.4 is 0 Å². The van der Waals surface area contributed by atoms with Crippen molar-refractivity contribution in [2.75, 3.05) is 0 Å². The zero-order valence-electron chi connectivity index (χ0n) is 8.55. The number of aliphatic hydroxyl groups is 1. The zero-order valence-corrected chi connectivity index (χ0v) is 8.55. The topological polar surface area (TPSA) is 20.2 Å². The van der Waals surface area contributed by atoms with Crippen molar-refractivity contribution >= 4 is 0 Å². The minimum atomic E-state index is -0.418. The van der Waals surface area contributed by atoms with Gasteiger partial charge in [0.1, 0.15) is 5.82 Å². The molecule has 0 bridgehead atoms. The van der Waals surface area contributed by atoms with Gasteiger partial charge in [0, 0.05) is 0 Å². The van der Waals surface area contributed by atoms with E-state index in [1.54, 1.807) is 12.1 Å². The summed E-state index contributed by atoms with van der Waals surface area (Å²) in [6.45, 7) is 4.19. The molecule has 1 unspecified atom stereocenters. The second-order valence-electron chi connectivity index (χ2n) is 4.67. The monoisotopic (exact) mass is 194 g/mol. The standard InChI is InChI=1S/C12H15FO/c1-12(2)6-5-11(14)9-4-3-8(13)7-10(9)12/h3-4,7,11,14H,5-6H2,1-2H3. The predicted molar refractivity (Wildman–Crippen MR) is 53.6 cm³/mol. The van der Waals surface area contributed by atoms with E-state index in [1.165, 1.54) is 6.07 Å². The lowest BCUT2D eigenvalue weighted by Gasteiger charge is -2.35. The molecule has 1 aliphatic rings. The van der Waals surface area contributed by atoms with E-state index in [0.29, 0.717) is 0 Å². The van der Waals surface area contributed by atoms with Gasteiger partial charge in [0.05, 0.1) is 6.10 Å². The first kappa shape index (κ1) is 9.66. The maximum atomic E-state index is 13.1. The highest BCUT2D eigenvalue weighted by atomic mass is 19.1. The highest BCUT2D eigenvalue weighted by molar-refractivity contribution is 5.37. The van der Waals surface area contributed by atoms with Crippen molar-refractivity contribution in [3.05, 3.63) is 35.1 Å². The van der Waals surface area contributed by atoms with Gasteiger partial charge < -0.3 is 5.11 Å². The largest absolute Gasteiger partial charge is 0.388 e. The number of aliphatic hydroxyl groups excluding tert-OH is 1. The summed E-state index contributed by atoms with van der Waals surface area (Å²) in [4.78, 5) is 0. The summed E-state index contributed by atoms with van der Waals surface area (Å²) in [6.07, 6.45) is 1.26. The van der Waals surface area contributed by atoms with Crippen LogP contribution in [0.1, 0.15) is 43.9 Å². The van der Waals surface area contributed by atoms with Crippen LogP contribution in [0.3, 0.4) is 0 Å². The van der Waals surface area contributed by atoms with Crippen LogP contribution in [0.2, 0.25) is 0 Å². The lowest BCUT2D eigenvalue weighted by Crippen LogP contribution is -2.26. The lowest BCUT2D eigenvalue weighted by molar-refractivity contribution is 0.139. The quantitative estimate of drug-likeness (QED) is 0.673. The molecule has 0 heterocycles. The van der Waals surface area contributed by atoms with Gasteiger partial charge in [-0.15, -0.1) is 0 Å². The van der Waals surface area contributed by atoms with Gasteiger partial charge in [0.25, 0.3) is 0 Å². The predicted octanol–water partition coefficient (Wildman–Crippen LogP) is 2.93. The molecule has 1 atom stereocenters. The molecule has 2 rings (SSSR count). The van der Waals surface area contributed by atoms with Crippen LogP contribution in [0.5, 0.6) is 0 Å². The van der Waals surface area contributed by atoms with Gasteiger partial charge >= 0.3 is 0 Å². The fraction of sp³-hybridized carbons (Fsp3) is 0.500. The minimum absolute atomic E-state index is 0.0172. The molecule has 1 aromatic rings. The summed E-state index contributed by atoms with van der Waals surface area (Å²) in [7, 11) is 0. The molecule has 2 heteroatoms. The summed E-state index contributed by atoms with van der Waals surface area (Å²) in [6, 6.07) is 4.68. The van der Waals surface area contributed by atoms with E-state index in [2.05, 4.69) is 13.8 Å². The Morgan fingerprint density at radius 3 is 2.86 bits per heavy atom. The lowest BCUT2D eigenvalue weighted by atomic mass is 9.72. The Labute approximate surface area is 83.6 Å². The molecule has 0 fully saturated rings. The van der Waals surface area contributed by atoms with Crippen LogP contribution in [-0.4, -0.2) is 5.11 Å². The van der Waals surface area contributed by atoms with Crippen LogP contribution in [0.15, 0.2) is 18.2 Å². The van der Waals surface area contributed by atoms with E-state index in [0.717, 1.165) is 24.0 Å². The van der Waals surface area contributed by atoms with Crippen molar-refractivity contribution in [1.82, 2.24) is 0 Å². The number of fused-ring (bicyclic) bond motifs is 1. The molecule has 14 heavy (non-hydrogen) atoms. The summed E-state index contributed by atoms with van der Waals surface area (Å²) >= 11 is 0. The van der Waals surface area contributed by atoms with Crippen LogP contribution in [0.25, 0.3) is 0 Å². The van der Waals surface area contributed by atoms with Crippen LogP contribution in [0.4, 0.5) is 4.39 Å². The summed E-state index contributed by atoms with van der Waals surface area (Å²) < 4.78 is 13.1. The fourth-order valence-corrected chi connectivity index (χ4v) is 2.19. The van der Waals surface area contributed by atoms with Gasteiger partial charge in [-0.05, 0) is 41.5 Å². The minimum Gasteiger partial charge on any atom is -0.388 e. The first-order chi connectivity index (χ1) is 6.50. The summed E-state index contributed by atoms with van der Waals surface area (Å²) in [5.74, 6) is -0.217. The molecule has 76 valence electrons. The maximum Gasteiger partial charge on any atom is 0.123 e. The van der Waals surface area contributed by atoms with Crippen molar-refractivity contribution < 1.29 is 9.50 Å². The average molecular weight is 194 g/mol. The Balaban J connectivity index is 2.58. The second-order valence-corrected chi connectivity index (χ2v) is 4.67. The summed E-state index contributed by atoms with van der Waals surface area (Å²) in [5, 5.41) is 9.76. The van der Waals surface area contributed by atoms with E-state index < -0.39 is 6.10 Å². The molecule has 0 saturated carbocycles. The number of halogens is 1. The maximum absolute atomic E-state index is 13.1. The third-order valence-electron chi connectivity index (χ3n) is 3.15. The Morgan fingerprint density at radius 2 is 2.14 bits per heavy atom. The Kier molecular flexibility index (Phi) is 2.11. The smallest absolute Gasteiger partial charge is 0.123 e. The van der Waals surface area contributed by atoms with Crippen molar-refractivity contribution in [2.45, 2.75) is 38.2 Å². The SMILES string of the molecule is CC1(C)CCC(O)c2ccc(F)cc21. The van der Waals surface area contributed by atoms with Crippen molar-refractivity contribution in [1.29, 1.82) is 0 Å². The Hall–Kier alpha value is -0.890. The van der Waals surface area contributed by atoms with Crippen molar-refractivity contribution in [3.8, 4) is 0 Å². The van der Waals surface area contributed by atoms with E-state index in [1.807, 2.05) is 0 Å². The molecule has 0 amide bonds. The van der Waals surface area contributed by atoms with Crippen LogP contribution in [0, 0.1) is 5.82 Å². The Morgan fingerprint density at radius 1 is 1.43 bits per heavy atom. The molecular weight excluding hydrogens is 179 g/mol. The number of rotatable bonds is 0. The Bertz CT molecular complexity index is 357. The molecule has 0 aliphatic heterocycles. The molecule has 1 aliphatic carbocycles. The summed E-state index contributed by atoms with van der Waals surface area (Å²) in [5.41, 5.74) is 1.83. The van der Waals surface area contributed by atoms with E-state index in [4.69, 9.17) is 0 Å². The van der Waals surface area contributed by atoms with E-state index >= 15 is 0 Å². The molecular formula is C12H15FO. The van der Waals surface area contributed by atoms with Crippen LogP contribution >= 0.6 is 0 Å². The molecule has 1 nitrogen and oxygen atoms in total. The van der Waals surface area contributed by atoms with Gasteiger partial charge in [0.2, 0.25) is 0 Å². The van der Waals surface area contributed by atoms with Crippen LogP contribution in [-0.2, 0) is 5.41 Å². The first-order valence-electron chi connectivity index (χ1n) is 4.99. The fourth-order valence-electron chi connectivity index (χ4n) is 2.19. The van der Waals surface area contributed by atoms with Crippen molar-refractivity contribution in [3.63, 3.8) is 0 Å². The highest BCUT2D eigenvalue weighted by Gasteiger charge is 2.31.